The summed E-state index contributed by atoms with van der Waals surface area (Å²) in [6.07, 6.45) is 2.20. The number of nitrogens with zero attached hydrogens (tertiary/aromatic N) is 2. The van der Waals surface area contributed by atoms with E-state index in [2.05, 4.69) is 0 Å². The first-order valence-electron chi connectivity index (χ1n) is 9.19. The second kappa shape index (κ2) is 7.39. The molecule has 2 aliphatic rings. The lowest BCUT2D eigenvalue weighted by Gasteiger charge is -2.38. The van der Waals surface area contributed by atoms with Crippen molar-refractivity contribution in [2.75, 3.05) is 31.9 Å². The van der Waals surface area contributed by atoms with E-state index in [4.69, 9.17) is 0 Å². The normalized spacial score (nSPS) is 20.0. The average molecular weight is 378 g/mol. The molecule has 0 radical (unpaired) electrons. The van der Waals surface area contributed by atoms with Crippen LogP contribution in [0.5, 0.6) is 0 Å². The van der Waals surface area contributed by atoms with Gasteiger partial charge in [0.05, 0.1) is 10.6 Å². The fourth-order valence-electron chi connectivity index (χ4n) is 3.96. The van der Waals surface area contributed by atoms with E-state index in [9.17, 15) is 18.0 Å². The second-order valence-corrected chi connectivity index (χ2v) is 9.46. The fraction of sp³-hybridized carbons (Fsp3) is 0.579. The number of hydrogen-bond acceptors (Lipinski definition) is 4. The minimum atomic E-state index is -3.43. The molecule has 2 fully saturated rings. The standard InChI is InChI=1S/C19H26N2O4S/c1-2-20-15-19(14-18(20)23)9-11-21(12-10-19)17(22)8-13-26(24,25)16-6-4-3-5-7-16/h3-7H,2,8-15H2,1H3. The van der Waals surface area contributed by atoms with Gasteiger partial charge >= 0.3 is 0 Å². The molecule has 0 atom stereocenters. The molecule has 26 heavy (non-hydrogen) atoms. The summed E-state index contributed by atoms with van der Waals surface area (Å²) in [5, 5.41) is 0. The Morgan fingerprint density at radius 1 is 1.15 bits per heavy atom. The highest BCUT2D eigenvalue weighted by molar-refractivity contribution is 7.91. The summed E-state index contributed by atoms with van der Waals surface area (Å²) >= 11 is 0. The molecule has 7 heteroatoms. The van der Waals surface area contributed by atoms with Crippen molar-refractivity contribution in [2.24, 2.45) is 5.41 Å². The van der Waals surface area contributed by atoms with Gasteiger partial charge in [-0.05, 0) is 31.9 Å². The van der Waals surface area contributed by atoms with Crippen LogP contribution in [-0.4, -0.2) is 62.0 Å². The number of likely N-dealkylation sites (tertiary alicyclic amines) is 2. The van der Waals surface area contributed by atoms with Gasteiger partial charge in [0, 0.05) is 44.4 Å². The SMILES string of the molecule is CCN1CC2(CCN(C(=O)CCS(=O)(=O)c3ccccc3)CC2)CC1=O. The number of carbonyl (C=O) groups excluding carboxylic acids is 2. The third-order valence-electron chi connectivity index (χ3n) is 5.65. The van der Waals surface area contributed by atoms with Gasteiger partial charge < -0.3 is 9.80 Å². The molecule has 2 amide bonds. The molecule has 2 aliphatic heterocycles. The van der Waals surface area contributed by atoms with Crippen LogP contribution in [0, 0.1) is 5.41 Å². The van der Waals surface area contributed by atoms with Gasteiger partial charge in [-0.3, -0.25) is 9.59 Å². The van der Waals surface area contributed by atoms with Gasteiger partial charge in [0.25, 0.3) is 0 Å². The number of piperidine rings is 1. The maximum Gasteiger partial charge on any atom is 0.223 e. The average Bonchev–Trinajstić information content (AvgIpc) is 2.96. The van der Waals surface area contributed by atoms with Crippen LogP contribution in [-0.2, 0) is 19.4 Å². The molecule has 6 nitrogen and oxygen atoms in total. The summed E-state index contributed by atoms with van der Waals surface area (Å²) in [4.78, 5) is 28.4. The highest BCUT2D eigenvalue weighted by Crippen LogP contribution is 2.40. The van der Waals surface area contributed by atoms with Gasteiger partial charge in [-0.25, -0.2) is 8.42 Å². The van der Waals surface area contributed by atoms with Gasteiger partial charge in [0.2, 0.25) is 11.8 Å². The van der Waals surface area contributed by atoms with Crippen LogP contribution in [0.1, 0.15) is 32.6 Å². The molecule has 1 aromatic rings. The number of amides is 2. The molecule has 0 aromatic heterocycles. The third kappa shape index (κ3) is 3.92. The number of sulfone groups is 1. The van der Waals surface area contributed by atoms with Crippen LogP contribution in [0.3, 0.4) is 0 Å². The Hall–Kier alpha value is -1.89. The Bertz CT molecular complexity index is 768. The lowest BCUT2D eigenvalue weighted by Crippen LogP contribution is -2.44. The van der Waals surface area contributed by atoms with Gasteiger partial charge in [0.15, 0.2) is 9.84 Å². The second-order valence-electron chi connectivity index (χ2n) is 7.35. The van der Waals surface area contributed by atoms with Crippen LogP contribution in [0.15, 0.2) is 35.2 Å². The summed E-state index contributed by atoms with van der Waals surface area (Å²) < 4.78 is 24.6. The van der Waals surface area contributed by atoms with Crippen LogP contribution in [0.25, 0.3) is 0 Å². The molecule has 142 valence electrons. The van der Waals surface area contributed by atoms with Crippen molar-refractivity contribution in [3.63, 3.8) is 0 Å². The summed E-state index contributed by atoms with van der Waals surface area (Å²) in [5.74, 6) is -0.0724. The van der Waals surface area contributed by atoms with E-state index in [1.54, 1.807) is 35.2 Å². The molecule has 0 aliphatic carbocycles. The molecule has 2 heterocycles. The maximum atomic E-state index is 12.4. The van der Waals surface area contributed by atoms with E-state index >= 15 is 0 Å². The number of carbonyl (C=O) groups is 2. The first-order chi connectivity index (χ1) is 12.4. The van der Waals surface area contributed by atoms with E-state index in [1.807, 2.05) is 11.8 Å². The van der Waals surface area contributed by atoms with E-state index in [-0.39, 0.29) is 34.3 Å². The van der Waals surface area contributed by atoms with E-state index < -0.39 is 9.84 Å². The van der Waals surface area contributed by atoms with Crippen molar-refractivity contribution in [1.29, 1.82) is 0 Å². The fourth-order valence-corrected chi connectivity index (χ4v) is 5.21. The van der Waals surface area contributed by atoms with Crippen molar-refractivity contribution in [3.05, 3.63) is 30.3 Å². The predicted molar refractivity (Wildman–Crippen MR) is 98.2 cm³/mol. The van der Waals surface area contributed by atoms with E-state index in [1.165, 1.54) is 0 Å². The van der Waals surface area contributed by atoms with Crippen LogP contribution < -0.4 is 0 Å². The Balaban J connectivity index is 1.52. The Kier molecular flexibility index (Phi) is 5.37. The molecular weight excluding hydrogens is 352 g/mol. The molecular formula is C19H26N2O4S. The zero-order chi connectivity index (χ0) is 18.8. The molecule has 0 saturated carbocycles. The van der Waals surface area contributed by atoms with Crippen LogP contribution in [0.2, 0.25) is 0 Å². The highest BCUT2D eigenvalue weighted by Gasteiger charge is 2.44. The summed E-state index contributed by atoms with van der Waals surface area (Å²) in [7, 11) is -3.43. The molecule has 0 unspecified atom stereocenters. The number of benzene rings is 1. The van der Waals surface area contributed by atoms with E-state index in [0.717, 1.165) is 25.9 Å². The molecule has 1 aromatic carbocycles. The molecule has 0 N–H and O–H groups in total. The van der Waals surface area contributed by atoms with Crippen molar-refractivity contribution < 1.29 is 18.0 Å². The quantitative estimate of drug-likeness (QED) is 0.782. The van der Waals surface area contributed by atoms with Crippen molar-refractivity contribution in [1.82, 2.24) is 9.80 Å². The summed E-state index contributed by atoms with van der Waals surface area (Å²) in [6, 6.07) is 8.24. The largest absolute Gasteiger partial charge is 0.343 e. The van der Waals surface area contributed by atoms with Crippen molar-refractivity contribution in [3.8, 4) is 0 Å². The first kappa shape index (κ1) is 18.9. The first-order valence-corrected chi connectivity index (χ1v) is 10.8. The number of hydrogen-bond donors (Lipinski definition) is 0. The zero-order valence-corrected chi connectivity index (χ0v) is 16.0. The van der Waals surface area contributed by atoms with Crippen molar-refractivity contribution >= 4 is 21.7 Å². The molecule has 2 saturated heterocycles. The topological polar surface area (TPSA) is 74.8 Å². The smallest absolute Gasteiger partial charge is 0.223 e. The summed E-state index contributed by atoms with van der Waals surface area (Å²) in [6.45, 7) is 4.72. The van der Waals surface area contributed by atoms with Crippen molar-refractivity contribution in [2.45, 2.75) is 37.5 Å². The van der Waals surface area contributed by atoms with E-state index in [0.29, 0.717) is 19.5 Å². The van der Waals surface area contributed by atoms with Gasteiger partial charge in [-0.2, -0.15) is 0 Å². The molecule has 0 bridgehead atoms. The molecule has 3 rings (SSSR count). The Morgan fingerprint density at radius 2 is 1.81 bits per heavy atom. The van der Waals surface area contributed by atoms with Crippen LogP contribution in [0.4, 0.5) is 0 Å². The Labute approximate surface area is 155 Å². The molecule has 1 spiro atoms. The van der Waals surface area contributed by atoms with Crippen LogP contribution >= 0.6 is 0 Å². The lowest BCUT2D eigenvalue weighted by molar-refractivity contribution is -0.133. The highest BCUT2D eigenvalue weighted by atomic mass is 32.2. The minimum Gasteiger partial charge on any atom is -0.343 e. The van der Waals surface area contributed by atoms with Gasteiger partial charge in [-0.15, -0.1) is 0 Å². The number of rotatable bonds is 5. The lowest BCUT2D eigenvalue weighted by atomic mass is 9.77. The predicted octanol–water partition coefficient (Wildman–Crippen LogP) is 1.71. The summed E-state index contributed by atoms with van der Waals surface area (Å²) in [5.41, 5.74) is -0.0000116. The Morgan fingerprint density at radius 3 is 2.38 bits per heavy atom. The third-order valence-corrected chi connectivity index (χ3v) is 7.38. The monoisotopic (exact) mass is 378 g/mol. The minimum absolute atomic E-state index is 0.0000116. The zero-order valence-electron chi connectivity index (χ0n) is 15.2. The maximum absolute atomic E-state index is 12.4. The van der Waals surface area contributed by atoms with Gasteiger partial charge in [0.1, 0.15) is 0 Å². The van der Waals surface area contributed by atoms with Gasteiger partial charge in [-0.1, -0.05) is 18.2 Å².